The summed E-state index contributed by atoms with van der Waals surface area (Å²) < 4.78 is 72.1. The second-order valence-corrected chi connectivity index (χ2v) is 12.4. The van der Waals surface area contributed by atoms with Gasteiger partial charge in [-0.2, -0.15) is 18.3 Å². The van der Waals surface area contributed by atoms with E-state index in [2.05, 4.69) is 36.6 Å². The maximum absolute atomic E-state index is 13.4. The van der Waals surface area contributed by atoms with E-state index < -0.39 is 48.7 Å². The molecule has 3 rings (SSSR count). The molecule has 1 atom stereocenters. The molecule has 2 N–H and O–H groups in total. The van der Waals surface area contributed by atoms with Gasteiger partial charge in [0, 0.05) is 26.2 Å². The quantitative estimate of drug-likeness (QED) is 0.380. The third-order valence-electron chi connectivity index (χ3n) is 5.91. The molecule has 3 amide bonds. The van der Waals surface area contributed by atoms with E-state index in [1.165, 1.54) is 6.20 Å². The Morgan fingerprint density at radius 3 is 2.49 bits per heavy atom. The van der Waals surface area contributed by atoms with Gasteiger partial charge in [0.05, 0.1) is 6.20 Å². The molecular weight excluding hydrogens is 645 g/mol. The molecule has 1 fully saturated rings. The number of hydrogen-bond acceptors (Lipinski definition) is 8. The smallest absolute Gasteiger partial charge is 0.444 e. The Kier molecular flexibility index (Phi) is 10.2. The molecule has 2 aromatic heterocycles. The zero-order chi connectivity index (χ0) is 30.7. The second-order valence-electron chi connectivity index (χ2n) is 10.2. The molecular formula is C23H29BrF5N7O4S. The van der Waals surface area contributed by atoms with Crippen LogP contribution in [0.4, 0.5) is 43.3 Å². The van der Waals surface area contributed by atoms with E-state index in [1.807, 2.05) is 0 Å². The Bertz CT molecular complexity index is 1260. The van der Waals surface area contributed by atoms with Crippen LogP contribution in [0.2, 0.25) is 0 Å². The summed E-state index contributed by atoms with van der Waals surface area (Å²) in [6.45, 7) is 4.54. The minimum Gasteiger partial charge on any atom is -0.444 e. The molecule has 0 bridgehead atoms. The van der Waals surface area contributed by atoms with Gasteiger partial charge in [-0.15, -0.1) is 0 Å². The van der Waals surface area contributed by atoms with E-state index >= 15 is 0 Å². The van der Waals surface area contributed by atoms with E-state index in [0.29, 0.717) is 11.3 Å². The van der Waals surface area contributed by atoms with Gasteiger partial charge in [0.2, 0.25) is 0 Å². The van der Waals surface area contributed by atoms with Crippen LogP contribution in [0.15, 0.2) is 10.1 Å². The van der Waals surface area contributed by atoms with Gasteiger partial charge in [-0.05, 0) is 56.0 Å². The highest BCUT2D eigenvalue weighted by atomic mass is 79.9. The van der Waals surface area contributed by atoms with Gasteiger partial charge in [-0.25, -0.2) is 23.2 Å². The lowest BCUT2D eigenvalue weighted by Gasteiger charge is -2.28. The van der Waals surface area contributed by atoms with Gasteiger partial charge in [-0.1, -0.05) is 11.3 Å². The summed E-state index contributed by atoms with van der Waals surface area (Å²) in [6.07, 6.45) is -6.72. The molecule has 11 nitrogen and oxygen atoms in total. The number of aromatic nitrogens is 3. The fraction of sp³-hybridized carbons (Fsp3) is 0.609. The number of carbonyl (C=O) groups is 3. The highest BCUT2D eigenvalue weighted by Crippen LogP contribution is 2.33. The molecule has 18 heteroatoms. The number of hydrogen-bond donors (Lipinski definition) is 2. The standard InChI is InChI=1S/C23H29BrF5N7O4S/c1-22(2,3)40-21(39)33-17-15(32-20(24)41-17)16(37)31-13-10-30-36(11-14(25)26)18(13)35-8-5-6-12(7-9-35)34(4)19(38)23(27,28)29/h10,12,14H,5-9,11H2,1-4H3,(H,31,37)(H,33,39)/t12-/m1/s1. The summed E-state index contributed by atoms with van der Waals surface area (Å²) in [4.78, 5) is 43.6. The van der Waals surface area contributed by atoms with Crippen molar-refractivity contribution >= 4 is 61.7 Å². The van der Waals surface area contributed by atoms with Gasteiger partial charge in [0.25, 0.3) is 12.3 Å². The van der Waals surface area contributed by atoms with E-state index in [-0.39, 0.29) is 52.0 Å². The fourth-order valence-electron chi connectivity index (χ4n) is 4.22. The molecule has 1 aliphatic heterocycles. The zero-order valence-electron chi connectivity index (χ0n) is 22.5. The number of nitrogens with zero attached hydrogens (tertiary/aromatic N) is 5. The molecule has 0 spiro atoms. The number of ether oxygens (including phenoxy) is 1. The monoisotopic (exact) mass is 673 g/mol. The number of thiazole rings is 1. The first kappa shape index (κ1) is 32.5. The third kappa shape index (κ3) is 8.73. The largest absolute Gasteiger partial charge is 0.471 e. The van der Waals surface area contributed by atoms with Crippen molar-refractivity contribution in [2.75, 3.05) is 35.7 Å². The van der Waals surface area contributed by atoms with E-state index in [9.17, 15) is 36.3 Å². The summed E-state index contributed by atoms with van der Waals surface area (Å²) in [6, 6.07) is -0.729. The number of amides is 3. The highest BCUT2D eigenvalue weighted by Gasteiger charge is 2.43. The first-order valence-electron chi connectivity index (χ1n) is 12.4. The Morgan fingerprint density at radius 2 is 1.88 bits per heavy atom. The van der Waals surface area contributed by atoms with Crippen molar-refractivity contribution in [3.63, 3.8) is 0 Å². The van der Waals surface area contributed by atoms with Crippen LogP contribution in [0.5, 0.6) is 0 Å². The lowest BCUT2D eigenvalue weighted by Crippen LogP contribution is -2.45. The molecule has 1 saturated heterocycles. The number of alkyl halides is 5. The Hall–Kier alpha value is -3.02. The molecule has 0 aromatic carbocycles. The Morgan fingerprint density at radius 1 is 1.20 bits per heavy atom. The van der Waals surface area contributed by atoms with Crippen molar-refractivity contribution in [3.8, 4) is 0 Å². The van der Waals surface area contributed by atoms with Crippen LogP contribution in [-0.4, -0.2) is 82.0 Å². The summed E-state index contributed by atoms with van der Waals surface area (Å²) in [7, 11) is 1.08. The molecule has 0 saturated carbocycles. The SMILES string of the molecule is CN(C(=O)C(F)(F)F)[C@@H]1CCCN(c2c(NC(=O)c3nc(Br)sc3NC(=O)OC(C)(C)C)cnn2CC(F)F)CC1. The van der Waals surface area contributed by atoms with Crippen molar-refractivity contribution in [3.05, 3.63) is 15.8 Å². The number of nitrogens with one attached hydrogen (secondary N) is 2. The average molecular weight is 674 g/mol. The Labute approximate surface area is 244 Å². The third-order valence-corrected chi connectivity index (χ3v) is 7.33. The van der Waals surface area contributed by atoms with Crippen LogP contribution in [0.3, 0.4) is 0 Å². The van der Waals surface area contributed by atoms with Crippen molar-refractivity contribution in [2.24, 2.45) is 0 Å². The predicted octanol–water partition coefficient (Wildman–Crippen LogP) is 5.35. The maximum Gasteiger partial charge on any atom is 0.471 e. The number of halogens is 6. The molecule has 2 aromatic rings. The first-order valence-corrected chi connectivity index (χ1v) is 14.0. The minimum atomic E-state index is -5.02. The highest BCUT2D eigenvalue weighted by molar-refractivity contribution is 9.11. The van der Waals surface area contributed by atoms with Crippen LogP contribution in [0, 0.1) is 0 Å². The van der Waals surface area contributed by atoms with Crippen molar-refractivity contribution in [2.45, 2.75) is 70.8 Å². The lowest BCUT2D eigenvalue weighted by molar-refractivity contribution is -0.186. The zero-order valence-corrected chi connectivity index (χ0v) is 24.9. The molecule has 0 radical (unpaired) electrons. The normalized spacial score (nSPS) is 16.4. The van der Waals surface area contributed by atoms with E-state index in [4.69, 9.17) is 4.74 Å². The van der Waals surface area contributed by atoms with Crippen LogP contribution >= 0.6 is 27.3 Å². The summed E-state index contributed by atoms with van der Waals surface area (Å²) in [5.74, 6) is -2.61. The van der Waals surface area contributed by atoms with Gasteiger partial charge in [0.15, 0.2) is 15.4 Å². The van der Waals surface area contributed by atoms with Gasteiger partial charge < -0.3 is 19.9 Å². The molecule has 228 valence electrons. The number of anilines is 3. The molecule has 0 aliphatic carbocycles. The predicted molar refractivity (Wildman–Crippen MR) is 145 cm³/mol. The summed E-state index contributed by atoms with van der Waals surface area (Å²) >= 11 is 4.13. The van der Waals surface area contributed by atoms with Crippen LogP contribution in [0.1, 0.15) is 50.5 Å². The minimum absolute atomic E-state index is 0.0566. The number of carbonyl (C=O) groups excluding carboxylic acids is 3. The molecule has 41 heavy (non-hydrogen) atoms. The average Bonchev–Trinajstić information content (AvgIpc) is 3.28. The molecule has 1 aliphatic rings. The van der Waals surface area contributed by atoms with E-state index in [1.54, 1.807) is 25.7 Å². The second kappa shape index (κ2) is 12.9. The van der Waals surface area contributed by atoms with Gasteiger partial charge >= 0.3 is 18.2 Å². The van der Waals surface area contributed by atoms with Gasteiger partial charge in [-0.3, -0.25) is 14.9 Å². The number of rotatable bonds is 7. The molecule has 3 heterocycles. The topological polar surface area (TPSA) is 122 Å². The van der Waals surface area contributed by atoms with Crippen LogP contribution in [-0.2, 0) is 16.1 Å². The van der Waals surface area contributed by atoms with Crippen LogP contribution in [0.25, 0.3) is 0 Å². The fourth-order valence-corrected chi connectivity index (χ4v) is 5.56. The lowest BCUT2D eigenvalue weighted by atomic mass is 10.1. The van der Waals surface area contributed by atoms with Crippen molar-refractivity contribution in [1.82, 2.24) is 19.7 Å². The van der Waals surface area contributed by atoms with Crippen molar-refractivity contribution in [1.29, 1.82) is 0 Å². The van der Waals surface area contributed by atoms with Crippen LogP contribution < -0.4 is 15.5 Å². The summed E-state index contributed by atoms with van der Waals surface area (Å²) in [5.41, 5.74) is -0.923. The first-order chi connectivity index (χ1) is 19.0. The Balaban J connectivity index is 1.84. The van der Waals surface area contributed by atoms with E-state index in [0.717, 1.165) is 23.1 Å². The maximum atomic E-state index is 13.4. The molecule has 0 unspecified atom stereocenters. The summed E-state index contributed by atoms with van der Waals surface area (Å²) in [5, 5.41) is 9.12. The van der Waals surface area contributed by atoms with Crippen molar-refractivity contribution < 1.29 is 41.1 Å². The van der Waals surface area contributed by atoms with Gasteiger partial charge in [0.1, 0.15) is 22.8 Å².